The van der Waals surface area contributed by atoms with Gasteiger partial charge in [0.1, 0.15) is 0 Å². The van der Waals surface area contributed by atoms with Crippen molar-refractivity contribution in [3.63, 3.8) is 0 Å². The lowest BCUT2D eigenvalue weighted by molar-refractivity contribution is 0.102. The highest BCUT2D eigenvalue weighted by molar-refractivity contribution is 7.15. The molecule has 0 radical (unpaired) electrons. The van der Waals surface area contributed by atoms with Crippen LogP contribution in [0.1, 0.15) is 42.5 Å². The van der Waals surface area contributed by atoms with Crippen LogP contribution in [0.4, 0.5) is 5.13 Å². The van der Waals surface area contributed by atoms with Crippen LogP contribution in [0.15, 0.2) is 24.5 Å². The Balaban J connectivity index is 1.81. The van der Waals surface area contributed by atoms with Gasteiger partial charge in [0.2, 0.25) is 0 Å². The summed E-state index contributed by atoms with van der Waals surface area (Å²) < 4.78 is 0. The van der Waals surface area contributed by atoms with E-state index in [-0.39, 0.29) is 11.5 Å². The highest BCUT2D eigenvalue weighted by Crippen LogP contribution is 2.44. The molecule has 2 aromatic rings. The first-order valence-corrected chi connectivity index (χ1v) is 8.04. The molecule has 2 heterocycles. The average molecular weight is 303 g/mol. The molecule has 0 aliphatic heterocycles. The Morgan fingerprint density at radius 1 is 1.38 bits per heavy atom. The number of hydrogen-bond donors (Lipinski definition) is 1. The standard InChI is InChI=1S/C16H21N3OS/c1-16(2)8-12-14(13(20)9-16)21-15(18-12)19(3)10-11-4-6-17-7-5-11/h4-7,13,20H,8-10H2,1-3H3. The molecular weight excluding hydrogens is 282 g/mol. The van der Waals surface area contributed by atoms with Crippen LogP contribution in [0, 0.1) is 5.41 Å². The topological polar surface area (TPSA) is 49.2 Å². The molecule has 0 fully saturated rings. The van der Waals surface area contributed by atoms with Gasteiger partial charge in [-0.2, -0.15) is 0 Å². The molecular formula is C16H21N3OS. The van der Waals surface area contributed by atoms with Gasteiger partial charge in [0.15, 0.2) is 5.13 Å². The Kier molecular flexibility index (Phi) is 3.71. The van der Waals surface area contributed by atoms with Gasteiger partial charge in [-0.3, -0.25) is 4.98 Å². The summed E-state index contributed by atoms with van der Waals surface area (Å²) in [7, 11) is 2.04. The fourth-order valence-electron chi connectivity index (χ4n) is 2.87. The zero-order valence-electron chi connectivity index (χ0n) is 12.7. The highest BCUT2D eigenvalue weighted by atomic mass is 32.1. The van der Waals surface area contributed by atoms with E-state index in [0.29, 0.717) is 0 Å². The molecule has 5 heteroatoms. The van der Waals surface area contributed by atoms with Gasteiger partial charge in [0.05, 0.1) is 16.7 Å². The molecule has 112 valence electrons. The Hall–Kier alpha value is -1.46. The minimum absolute atomic E-state index is 0.126. The number of aliphatic hydroxyl groups excluding tert-OH is 1. The Labute approximate surface area is 129 Å². The summed E-state index contributed by atoms with van der Waals surface area (Å²) >= 11 is 1.62. The largest absolute Gasteiger partial charge is 0.387 e. The summed E-state index contributed by atoms with van der Waals surface area (Å²) in [4.78, 5) is 12.0. The quantitative estimate of drug-likeness (QED) is 0.946. The molecule has 1 N–H and O–H groups in total. The first-order chi connectivity index (χ1) is 9.94. The van der Waals surface area contributed by atoms with Gasteiger partial charge in [0, 0.05) is 26.0 Å². The van der Waals surface area contributed by atoms with Gasteiger partial charge in [0.25, 0.3) is 0 Å². The second kappa shape index (κ2) is 5.39. The second-order valence-electron chi connectivity index (χ2n) is 6.58. The van der Waals surface area contributed by atoms with Crippen molar-refractivity contribution in [3.05, 3.63) is 40.7 Å². The van der Waals surface area contributed by atoms with Crippen molar-refractivity contribution in [1.82, 2.24) is 9.97 Å². The Bertz CT molecular complexity index is 624. The monoisotopic (exact) mass is 303 g/mol. The molecule has 0 spiro atoms. The average Bonchev–Trinajstić information content (AvgIpc) is 2.82. The van der Waals surface area contributed by atoms with Crippen molar-refractivity contribution in [2.45, 2.75) is 39.3 Å². The molecule has 3 rings (SSSR count). The van der Waals surface area contributed by atoms with Crippen LogP contribution in [0.2, 0.25) is 0 Å². The molecule has 0 saturated carbocycles. The molecule has 21 heavy (non-hydrogen) atoms. The number of anilines is 1. The number of thiazole rings is 1. The Morgan fingerprint density at radius 3 is 2.81 bits per heavy atom. The predicted octanol–water partition coefficient (Wildman–Crippen LogP) is 3.18. The zero-order chi connectivity index (χ0) is 15.0. The van der Waals surface area contributed by atoms with E-state index in [0.717, 1.165) is 35.1 Å². The van der Waals surface area contributed by atoms with Crippen molar-refractivity contribution in [2.75, 3.05) is 11.9 Å². The third-order valence-corrected chi connectivity index (χ3v) is 5.22. The van der Waals surface area contributed by atoms with Crippen LogP contribution in [0.25, 0.3) is 0 Å². The number of fused-ring (bicyclic) bond motifs is 1. The summed E-state index contributed by atoms with van der Waals surface area (Å²) in [5.74, 6) is 0. The van der Waals surface area contributed by atoms with E-state index in [1.165, 1.54) is 5.56 Å². The Morgan fingerprint density at radius 2 is 2.10 bits per heavy atom. The number of aliphatic hydroxyl groups is 1. The summed E-state index contributed by atoms with van der Waals surface area (Å²) in [5, 5.41) is 11.3. The number of hydrogen-bond acceptors (Lipinski definition) is 5. The maximum Gasteiger partial charge on any atom is 0.185 e. The second-order valence-corrected chi connectivity index (χ2v) is 7.59. The van der Waals surface area contributed by atoms with Crippen LogP contribution >= 0.6 is 11.3 Å². The number of rotatable bonds is 3. The molecule has 1 unspecified atom stereocenters. The van der Waals surface area contributed by atoms with Crippen LogP contribution in [-0.4, -0.2) is 22.1 Å². The van der Waals surface area contributed by atoms with E-state index >= 15 is 0 Å². The van der Waals surface area contributed by atoms with Gasteiger partial charge < -0.3 is 10.0 Å². The van der Waals surface area contributed by atoms with Gasteiger partial charge >= 0.3 is 0 Å². The molecule has 2 aromatic heterocycles. The van der Waals surface area contributed by atoms with Crippen molar-refractivity contribution < 1.29 is 5.11 Å². The van der Waals surface area contributed by atoms with Gasteiger partial charge in [-0.15, -0.1) is 0 Å². The molecule has 0 aromatic carbocycles. The number of aromatic nitrogens is 2. The van der Waals surface area contributed by atoms with Gasteiger partial charge in [-0.1, -0.05) is 25.2 Å². The third-order valence-electron chi connectivity index (χ3n) is 3.91. The first-order valence-electron chi connectivity index (χ1n) is 7.22. The van der Waals surface area contributed by atoms with E-state index < -0.39 is 0 Å². The number of nitrogens with zero attached hydrogens (tertiary/aromatic N) is 3. The fourth-order valence-corrected chi connectivity index (χ4v) is 3.90. The summed E-state index contributed by atoms with van der Waals surface area (Å²) in [5.41, 5.74) is 2.41. The minimum Gasteiger partial charge on any atom is -0.387 e. The number of pyridine rings is 1. The van der Waals surface area contributed by atoms with E-state index in [9.17, 15) is 5.11 Å². The minimum atomic E-state index is -0.371. The zero-order valence-corrected chi connectivity index (χ0v) is 13.5. The smallest absolute Gasteiger partial charge is 0.185 e. The van der Waals surface area contributed by atoms with Crippen LogP contribution < -0.4 is 4.90 Å². The lowest BCUT2D eigenvalue weighted by Crippen LogP contribution is -2.24. The fraction of sp³-hybridized carbons (Fsp3) is 0.500. The van der Waals surface area contributed by atoms with Gasteiger partial charge in [-0.25, -0.2) is 4.98 Å². The van der Waals surface area contributed by atoms with Crippen molar-refractivity contribution in [3.8, 4) is 0 Å². The first kappa shape index (κ1) is 14.5. The molecule has 1 atom stereocenters. The lowest BCUT2D eigenvalue weighted by Gasteiger charge is -2.31. The third kappa shape index (κ3) is 3.09. The summed E-state index contributed by atoms with van der Waals surface area (Å²) in [6.45, 7) is 5.19. The van der Waals surface area contributed by atoms with E-state index in [1.54, 1.807) is 11.3 Å². The highest BCUT2D eigenvalue weighted by Gasteiger charge is 2.34. The summed E-state index contributed by atoms with van der Waals surface area (Å²) in [6, 6.07) is 4.03. The molecule has 0 amide bonds. The van der Waals surface area contributed by atoms with Crippen LogP contribution in [0.3, 0.4) is 0 Å². The van der Waals surface area contributed by atoms with Crippen molar-refractivity contribution in [2.24, 2.45) is 5.41 Å². The molecule has 0 saturated heterocycles. The maximum absolute atomic E-state index is 10.3. The van der Waals surface area contributed by atoms with E-state index in [4.69, 9.17) is 4.98 Å². The lowest BCUT2D eigenvalue weighted by atomic mass is 9.77. The van der Waals surface area contributed by atoms with Crippen LogP contribution in [-0.2, 0) is 13.0 Å². The molecule has 1 aliphatic rings. The molecule has 0 bridgehead atoms. The van der Waals surface area contributed by atoms with Crippen molar-refractivity contribution in [1.29, 1.82) is 0 Å². The molecule has 4 nitrogen and oxygen atoms in total. The normalized spacial score (nSPS) is 20.1. The maximum atomic E-state index is 10.3. The van der Waals surface area contributed by atoms with Crippen molar-refractivity contribution >= 4 is 16.5 Å². The van der Waals surface area contributed by atoms with Gasteiger partial charge in [-0.05, 0) is 36.0 Å². The van der Waals surface area contributed by atoms with Crippen LogP contribution in [0.5, 0.6) is 0 Å². The summed E-state index contributed by atoms with van der Waals surface area (Å²) in [6.07, 6.45) is 5.00. The van der Waals surface area contributed by atoms with E-state index in [1.807, 2.05) is 31.6 Å². The molecule has 1 aliphatic carbocycles. The van der Waals surface area contributed by atoms with E-state index in [2.05, 4.69) is 23.7 Å². The SMILES string of the molecule is CN(Cc1ccncc1)c1nc2c(s1)C(O)CC(C)(C)C2. The predicted molar refractivity (Wildman–Crippen MR) is 85.5 cm³/mol.